The van der Waals surface area contributed by atoms with Gasteiger partial charge >= 0.3 is 24.8 Å². The third-order valence-corrected chi connectivity index (χ3v) is 2.59. The first-order valence-corrected chi connectivity index (χ1v) is 6.22. The van der Waals surface area contributed by atoms with E-state index in [1.807, 2.05) is 0 Å². The van der Waals surface area contributed by atoms with E-state index in [0.29, 0.717) is 16.3 Å². The number of methoxy groups -OCH3 is 1. The molecule has 1 aromatic carbocycles. The fourth-order valence-corrected chi connectivity index (χ4v) is 1.76. The van der Waals surface area contributed by atoms with Gasteiger partial charge in [-0.15, -0.1) is 0 Å². The van der Waals surface area contributed by atoms with Gasteiger partial charge in [0.2, 0.25) is 0 Å². The van der Waals surface area contributed by atoms with Gasteiger partial charge in [-0.05, 0) is 36.8 Å². The quantitative estimate of drug-likeness (QED) is 0.211. The zero-order valence-corrected chi connectivity index (χ0v) is 13.0. The Labute approximate surface area is 137 Å². The fraction of sp³-hybridized carbons (Fsp3) is 0.231. The van der Waals surface area contributed by atoms with E-state index < -0.39 is 17.5 Å². The van der Waals surface area contributed by atoms with Gasteiger partial charge in [0.1, 0.15) is 5.75 Å². The number of carbonyl (C=O) groups is 2. The molecule has 0 aliphatic rings. The molecule has 20 heavy (non-hydrogen) atoms. The molecular weight excluding hydrogens is 323 g/mol. The normalized spacial score (nSPS) is 10.4. The molecule has 5 nitrogen and oxygen atoms in total. The van der Waals surface area contributed by atoms with Gasteiger partial charge in [0.15, 0.2) is 0 Å². The van der Waals surface area contributed by atoms with Crippen LogP contribution in [0.2, 0.25) is 0 Å². The Morgan fingerprint density at radius 3 is 2.55 bits per heavy atom. The fourth-order valence-electron chi connectivity index (χ4n) is 1.29. The molecule has 0 saturated carbocycles. The van der Waals surface area contributed by atoms with Crippen molar-refractivity contribution in [3.05, 3.63) is 34.3 Å². The van der Waals surface area contributed by atoms with Crippen molar-refractivity contribution in [3.8, 4) is 5.75 Å². The van der Waals surface area contributed by atoms with Gasteiger partial charge in [-0.25, -0.2) is 4.79 Å². The number of rotatable bonds is 5. The monoisotopic (exact) mass is 334 g/mol. The van der Waals surface area contributed by atoms with E-state index in [9.17, 15) is 14.7 Å². The molecular formula is C13H12BrLiO5. The van der Waals surface area contributed by atoms with E-state index in [4.69, 9.17) is 4.74 Å². The number of hydrogen-bond donors (Lipinski definition) is 0. The molecule has 1 aromatic rings. The average molecular weight is 335 g/mol. The second-order valence-electron chi connectivity index (χ2n) is 3.47. The van der Waals surface area contributed by atoms with E-state index in [0.717, 1.165) is 0 Å². The van der Waals surface area contributed by atoms with Crippen LogP contribution < -0.4 is 28.7 Å². The SMILES string of the molecule is CCOC(=O)C(=O)C=C([O-])c1cc(Br)cc(OC)c1.[Li+]. The smallest absolute Gasteiger partial charge is 0.872 e. The maximum atomic E-state index is 11.8. The topological polar surface area (TPSA) is 75.7 Å². The maximum Gasteiger partial charge on any atom is 1.00 e. The van der Waals surface area contributed by atoms with Gasteiger partial charge < -0.3 is 14.6 Å². The van der Waals surface area contributed by atoms with E-state index in [1.54, 1.807) is 13.0 Å². The van der Waals surface area contributed by atoms with E-state index in [1.165, 1.54) is 19.2 Å². The summed E-state index contributed by atoms with van der Waals surface area (Å²) in [6, 6.07) is 4.67. The van der Waals surface area contributed by atoms with Crippen LogP contribution in [0.4, 0.5) is 0 Å². The second-order valence-corrected chi connectivity index (χ2v) is 4.39. The van der Waals surface area contributed by atoms with Crippen molar-refractivity contribution in [2.24, 2.45) is 0 Å². The van der Waals surface area contributed by atoms with Crippen molar-refractivity contribution < 1.29 is 43.0 Å². The predicted molar refractivity (Wildman–Crippen MR) is 70.3 cm³/mol. The van der Waals surface area contributed by atoms with Crippen molar-refractivity contribution >= 4 is 33.4 Å². The van der Waals surface area contributed by atoms with E-state index in [-0.39, 0.29) is 31.0 Å². The summed E-state index contributed by atoms with van der Waals surface area (Å²) in [7, 11) is 1.46. The van der Waals surface area contributed by atoms with Crippen LogP contribution in [-0.4, -0.2) is 25.5 Å². The largest absolute Gasteiger partial charge is 1.00 e. The van der Waals surface area contributed by atoms with Crippen LogP contribution >= 0.6 is 15.9 Å². The van der Waals surface area contributed by atoms with Crippen LogP contribution in [0.25, 0.3) is 5.76 Å². The van der Waals surface area contributed by atoms with E-state index >= 15 is 0 Å². The molecule has 1 rings (SSSR count). The predicted octanol–water partition coefficient (Wildman–Crippen LogP) is -1.70. The Morgan fingerprint density at radius 1 is 1.35 bits per heavy atom. The Balaban J connectivity index is 0.00000361. The molecule has 0 unspecified atom stereocenters. The minimum atomic E-state index is -1.04. The van der Waals surface area contributed by atoms with Crippen LogP contribution in [0.15, 0.2) is 28.7 Å². The number of carbonyl (C=O) groups excluding carboxylic acids is 2. The number of benzene rings is 1. The number of esters is 1. The molecule has 0 aromatic heterocycles. The summed E-state index contributed by atoms with van der Waals surface area (Å²) >= 11 is 3.22. The average Bonchev–Trinajstić information content (AvgIpc) is 2.38. The molecule has 0 amide bonds. The Hall–Kier alpha value is -1.22. The molecule has 102 valence electrons. The van der Waals surface area contributed by atoms with Gasteiger partial charge in [0.05, 0.1) is 13.7 Å². The van der Waals surface area contributed by atoms with Crippen LogP contribution in [0.3, 0.4) is 0 Å². The summed E-state index contributed by atoms with van der Waals surface area (Å²) in [5.41, 5.74) is 0.240. The van der Waals surface area contributed by atoms with Crippen LogP contribution in [0.5, 0.6) is 5.75 Å². The molecule has 0 radical (unpaired) electrons. The number of hydrogen-bond acceptors (Lipinski definition) is 5. The zero-order chi connectivity index (χ0) is 14.4. The molecule has 0 spiro atoms. The molecule has 0 heterocycles. The minimum Gasteiger partial charge on any atom is -0.872 e. The summed E-state index contributed by atoms with van der Waals surface area (Å²) < 4.78 is 10.1. The van der Waals surface area contributed by atoms with Gasteiger partial charge in [-0.2, -0.15) is 0 Å². The van der Waals surface area contributed by atoms with E-state index in [2.05, 4.69) is 20.7 Å². The molecule has 0 atom stereocenters. The van der Waals surface area contributed by atoms with Crippen LogP contribution in [-0.2, 0) is 14.3 Å². The molecule has 0 bridgehead atoms. The van der Waals surface area contributed by atoms with Crippen LogP contribution in [0, 0.1) is 0 Å². The molecule has 0 aliphatic carbocycles. The summed E-state index contributed by atoms with van der Waals surface area (Å²) in [4.78, 5) is 22.5. The van der Waals surface area contributed by atoms with Crippen molar-refractivity contribution in [1.82, 2.24) is 0 Å². The van der Waals surface area contributed by atoms with Gasteiger partial charge in [-0.1, -0.05) is 21.7 Å². The Bertz CT molecular complexity index is 527. The molecule has 7 heteroatoms. The molecule has 0 saturated heterocycles. The molecule has 0 fully saturated rings. The third-order valence-electron chi connectivity index (χ3n) is 2.13. The summed E-state index contributed by atoms with van der Waals surface area (Å²) in [5.74, 6) is -2.14. The number of halogens is 1. The first kappa shape index (κ1) is 18.8. The van der Waals surface area contributed by atoms with Gasteiger partial charge in [-0.3, -0.25) is 4.79 Å². The van der Waals surface area contributed by atoms with Crippen molar-refractivity contribution in [2.45, 2.75) is 6.92 Å². The first-order chi connectivity index (χ1) is 8.97. The standard InChI is InChI=1S/C13H13BrO5.Li/c1-3-19-13(17)12(16)7-11(15)8-4-9(14)6-10(5-8)18-2;/h4-7,15H,3H2,1-2H3;/q;+1/p-1. The molecule has 0 aliphatic heterocycles. The second kappa shape index (κ2) is 8.85. The maximum absolute atomic E-state index is 11.8. The van der Waals surface area contributed by atoms with Gasteiger partial charge in [0.25, 0.3) is 5.78 Å². The summed E-state index contributed by atoms with van der Waals surface area (Å²) in [5, 5.41) is 11.8. The first-order valence-electron chi connectivity index (χ1n) is 5.42. The minimum absolute atomic E-state index is 0. The number of ketones is 1. The third kappa shape index (κ3) is 5.41. The molecule has 0 N–H and O–H groups in total. The van der Waals surface area contributed by atoms with Crippen molar-refractivity contribution in [2.75, 3.05) is 13.7 Å². The Morgan fingerprint density at radius 2 is 2.00 bits per heavy atom. The van der Waals surface area contributed by atoms with Crippen LogP contribution in [0.1, 0.15) is 12.5 Å². The Kier molecular flexibility index (Phi) is 8.31. The van der Waals surface area contributed by atoms with Gasteiger partial charge in [0, 0.05) is 4.47 Å². The zero-order valence-electron chi connectivity index (χ0n) is 11.4. The van der Waals surface area contributed by atoms with Crippen molar-refractivity contribution in [1.29, 1.82) is 0 Å². The summed E-state index contributed by atoms with van der Waals surface area (Å²) in [6.07, 6.45) is 0.708. The van der Waals surface area contributed by atoms with Crippen molar-refractivity contribution in [3.63, 3.8) is 0 Å². The summed E-state index contributed by atoms with van der Waals surface area (Å²) in [6.45, 7) is 1.66. The number of ether oxygens (including phenoxy) is 2.